The van der Waals surface area contributed by atoms with Gasteiger partial charge in [-0.15, -0.1) is 0 Å². The Hall–Kier alpha value is -1.51. The number of benzene rings is 1. The van der Waals surface area contributed by atoms with Crippen molar-refractivity contribution >= 4 is 11.9 Å². The molecule has 0 saturated carbocycles. The predicted molar refractivity (Wildman–Crippen MR) is 51.2 cm³/mol. The second-order valence-electron chi connectivity index (χ2n) is 2.81. The van der Waals surface area contributed by atoms with Crippen LogP contribution in [-0.2, 0) is 0 Å². The van der Waals surface area contributed by atoms with Gasteiger partial charge in [-0.2, -0.15) is 0 Å². The molecule has 1 heterocycles. The highest BCUT2D eigenvalue weighted by Crippen LogP contribution is 2.05. The van der Waals surface area contributed by atoms with Crippen molar-refractivity contribution < 1.29 is 4.39 Å². The fraction of sp³-hybridized carbons (Fsp3) is 0.200. The third-order valence-corrected chi connectivity index (χ3v) is 1.86. The number of nitrogens with zero attached hydrogens (tertiary/aromatic N) is 2. The third-order valence-electron chi connectivity index (χ3n) is 1.86. The van der Waals surface area contributed by atoms with E-state index in [1.807, 2.05) is 0 Å². The van der Waals surface area contributed by atoms with Gasteiger partial charge >= 0.3 is 0 Å². The standard InChI is InChI=1S/C10H9FN2/c11-9-3-1-8(2-4-9)10-7-12-5-6-13-10/h1-4,7H,5-6H2. The Balaban J connectivity index is 2.30. The largest absolute Gasteiger partial charge is 0.289 e. The maximum absolute atomic E-state index is 12.6. The predicted octanol–water partition coefficient (Wildman–Crippen LogP) is 1.70. The molecule has 0 radical (unpaired) electrons. The van der Waals surface area contributed by atoms with Gasteiger partial charge in [0.25, 0.3) is 0 Å². The number of aliphatic imine (C=N–C) groups is 2. The molecule has 1 aliphatic rings. The van der Waals surface area contributed by atoms with Gasteiger partial charge in [-0.3, -0.25) is 9.98 Å². The van der Waals surface area contributed by atoms with Gasteiger partial charge in [-0.25, -0.2) is 4.39 Å². The minimum atomic E-state index is -0.225. The minimum absolute atomic E-state index is 0.225. The van der Waals surface area contributed by atoms with E-state index in [9.17, 15) is 4.39 Å². The lowest BCUT2D eigenvalue weighted by atomic mass is 10.1. The highest BCUT2D eigenvalue weighted by molar-refractivity contribution is 6.38. The molecule has 0 saturated heterocycles. The molecule has 1 aromatic carbocycles. The molecule has 66 valence electrons. The van der Waals surface area contributed by atoms with Crippen LogP contribution in [0.25, 0.3) is 0 Å². The average Bonchev–Trinajstić information content (AvgIpc) is 2.20. The van der Waals surface area contributed by atoms with E-state index in [1.54, 1.807) is 18.3 Å². The summed E-state index contributed by atoms with van der Waals surface area (Å²) in [4.78, 5) is 8.38. The molecule has 0 spiro atoms. The van der Waals surface area contributed by atoms with Crippen LogP contribution in [0.15, 0.2) is 34.3 Å². The molecule has 0 unspecified atom stereocenters. The number of hydrogen-bond acceptors (Lipinski definition) is 2. The van der Waals surface area contributed by atoms with Crippen LogP contribution < -0.4 is 0 Å². The Kier molecular flexibility index (Phi) is 2.17. The van der Waals surface area contributed by atoms with Crippen LogP contribution in [0, 0.1) is 5.82 Å². The van der Waals surface area contributed by atoms with Gasteiger partial charge < -0.3 is 0 Å². The highest BCUT2D eigenvalue weighted by Gasteiger charge is 2.02. The molecule has 0 fully saturated rings. The summed E-state index contributed by atoms with van der Waals surface area (Å²) < 4.78 is 12.6. The van der Waals surface area contributed by atoms with Crippen molar-refractivity contribution in [1.82, 2.24) is 0 Å². The molecule has 0 amide bonds. The Morgan fingerprint density at radius 1 is 1.08 bits per heavy atom. The minimum Gasteiger partial charge on any atom is -0.289 e. The van der Waals surface area contributed by atoms with Crippen molar-refractivity contribution in [2.75, 3.05) is 13.1 Å². The SMILES string of the molecule is Fc1ccc(C2=NCCN=C2)cc1. The number of rotatable bonds is 1. The molecule has 0 atom stereocenters. The van der Waals surface area contributed by atoms with E-state index >= 15 is 0 Å². The smallest absolute Gasteiger partial charge is 0.123 e. The monoisotopic (exact) mass is 176 g/mol. The first kappa shape index (κ1) is 8.10. The zero-order valence-corrected chi connectivity index (χ0v) is 7.07. The first-order valence-corrected chi connectivity index (χ1v) is 4.16. The zero-order chi connectivity index (χ0) is 9.10. The summed E-state index contributed by atoms with van der Waals surface area (Å²) in [6.07, 6.45) is 1.73. The van der Waals surface area contributed by atoms with Crippen LogP contribution in [-0.4, -0.2) is 25.0 Å². The van der Waals surface area contributed by atoms with Crippen LogP contribution in [0.4, 0.5) is 4.39 Å². The van der Waals surface area contributed by atoms with Crippen LogP contribution in [0.5, 0.6) is 0 Å². The summed E-state index contributed by atoms with van der Waals surface area (Å²) in [6.45, 7) is 1.48. The lowest BCUT2D eigenvalue weighted by Gasteiger charge is -2.04. The summed E-state index contributed by atoms with van der Waals surface area (Å²) in [7, 11) is 0. The van der Waals surface area contributed by atoms with Gasteiger partial charge in [0.05, 0.1) is 18.8 Å². The topological polar surface area (TPSA) is 24.7 Å². The summed E-state index contributed by atoms with van der Waals surface area (Å²) >= 11 is 0. The normalized spacial score (nSPS) is 15.6. The summed E-state index contributed by atoms with van der Waals surface area (Å²) in [5.41, 5.74) is 1.76. The van der Waals surface area contributed by atoms with Crippen LogP contribution >= 0.6 is 0 Å². The van der Waals surface area contributed by atoms with E-state index in [1.165, 1.54) is 12.1 Å². The van der Waals surface area contributed by atoms with Crippen LogP contribution in [0.1, 0.15) is 5.56 Å². The maximum atomic E-state index is 12.6. The van der Waals surface area contributed by atoms with Gasteiger partial charge in [0.2, 0.25) is 0 Å². The second kappa shape index (κ2) is 3.47. The number of halogens is 1. The molecular weight excluding hydrogens is 167 g/mol. The Morgan fingerprint density at radius 3 is 2.46 bits per heavy atom. The zero-order valence-electron chi connectivity index (χ0n) is 7.07. The highest BCUT2D eigenvalue weighted by atomic mass is 19.1. The Morgan fingerprint density at radius 2 is 1.85 bits per heavy atom. The molecule has 0 aliphatic carbocycles. The van der Waals surface area contributed by atoms with E-state index in [0.717, 1.165) is 24.4 Å². The average molecular weight is 176 g/mol. The lowest BCUT2D eigenvalue weighted by molar-refractivity contribution is 0.628. The van der Waals surface area contributed by atoms with Crippen molar-refractivity contribution in [3.8, 4) is 0 Å². The van der Waals surface area contributed by atoms with Crippen LogP contribution in [0.3, 0.4) is 0 Å². The fourth-order valence-corrected chi connectivity index (χ4v) is 1.21. The van der Waals surface area contributed by atoms with E-state index in [4.69, 9.17) is 0 Å². The molecule has 1 aliphatic heterocycles. The van der Waals surface area contributed by atoms with Crippen molar-refractivity contribution in [2.24, 2.45) is 9.98 Å². The fourth-order valence-electron chi connectivity index (χ4n) is 1.21. The molecular formula is C10H9FN2. The van der Waals surface area contributed by atoms with Gasteiger partial charge in [0.1, 0.15) is 5.82 Å². The van der Waals surface area contributed by atoms with E-state index in [-0.39, 0.29) is 5.82 Å². The van der Waals surface area contributed by atoms with Crippen molar-refractivity contribution in [1.29, 1.82) is 0 Å². The Bertz CT molecular complexity index is 352. The first-order valence-electron chi connectivity index (χ1n) is 4.16. The van der Waals surface area contributed by atoms with Crippen molar-refractivity contribution in [3.63, 3.8) is 0 Å². The van der Waals surface area contributed by atoms with Crippen molar-refractivity contribution in [2.45, 2.75) is 0 Å². The molecule has 2 rings (SSSR count). The lowest BCUT2D eigenvalue weighted by Crippen LogP contribution is -2.09. The van der Waals surface area contributed by atoms with Crippen molar-refractivity contribution in [3.05, 3.63) is 35.6 Å². The van der Waals surface area contributed by atoms with Crippen LogP contribution in [0.2, 0.25) is 0 Å². The van der Waals surface area contributed by atoms with Gasteiger partial charge in [0, 0.05) is 11.8 Å². The first-order chi connectivity index (χ1) is 6.36. The second-order valence-corrected chi connectivity index (χ2v) is 2.81. The molecule has 3 heteroatoms. The quantitative estimate of drug-likeness (QED) is 0.622. The Labute approximate surface area is 75.8 Å². The molecule has 0 aromatic heterocycles. The third kappa shape index (κ3) is 1.80. The molecule has 0 N–H and O–H groups in total. The summed E-state index contributed by atoms with van der Waals surface area (Å²) in [5.74, 6) is -0.225. The van der Waals surface area contributed by atoms with E-state index < -0.39 is 0 Å². The molecule has 13 heavy (non-hydrogen) atoms. The molecule has 1 aromatic rings. The summed E-state index contributed by atoms with van der Waals surface area (Å²) in [5, 5.41) is 0. The molecule has 0 bridgehead atoms. The van der Waals surface area contributed by atoms with Gasteiger partial charge in [0.15, 0.2) is 0 Å². The maximum Gasteiger partial charge on any atom is 0.123 e. The van der Waals surface area contributed by atoms with E-state index in [2.05, 4.69) is 9.98 Å². The van der Waals surface area contributed by atoms with E-state index in [0.29, 0.717) is 0 Å². The summed E-state index contributed by atoms with van der Waals surface area (Å²) in [6, 6.07) is 6.29. The molecule has 2 nitrogen and oxygen atoms in total. The van der Waals surface area contributed by atoms with Gasteiger partial charge in [-0.05, 0) is 24.3 Å². The van der Waals surface area contributed by atoms with Gasteiger partial charge in [-0.1, -0.05) is 0 Å². The number of hydrogen-bond donors (Lipinski definition) is 0.